The van der Waals surface area contributed by atoms with Crippen LogP contribution < -0.4 is 9.47 Å². The van der Waals surface area contributed by atoms with E-state index in [1.165, 1.54) is 0 Å². The lowest BCUT2D eigenvalue weighted by molar-refractivity contribution is 0.158. The highest BCUT2D eigenvalue weighted by Gasteiger charge is 2.28. The van der Waals surface area contributed by atoms with E-state index in [-0.39, 0.29) is 11.7 Å². The minimum absolute atomic E-state index is 0.189. The van der Waals surface area contributed by atoms with Gasteiger partial charge in [0.15, 0.2) is 5.76 Å². The molecule has 0 aliphatic rings. The standard InChI is InChI=1S/C21H19N3O5/c1-12(25)19-17(18(23-28-19)15-6-4-5-7-16(15)27-3)21-22-20(24-29-21)13-8-10-14(26-2)11-9-13/h4-12,25H,1-3H3. The summed E-state index contributed by atoms with van der Waals surface area (Å²) < 4.78 is 21.5. The van der Waals surface area contributed by atoms with Crippen molar-refractivity contribution in [3.8, 4) is 45.6 Å². The molecule has 2 aromatic heterocycles. The predicted molar refractivity (Wildman–Crippen MR) is 104 cm³/mol. The van der Waals surface area contributed by atoms with Gasteiger partial charge in [-0.1, -0.05) is 22.4 Å². The van der Waals surface area contributed by atoms with Crippen LogP contribution in [0.2, 0.25) is 0 Å². The third kappa shape index (κ3) is 3.45. The van der Waals surface area contributed by atoms with Crippen LogP contribution in [0.15, 0.2) is 57.6 Å². The number of aliphatic hydroxyl groups is 1. The van der Waals surface area contributed by atoms with Crippen molar-refractivity contribution in [1.82, 2.24) is 15.3 Å². The smallest absolute Gasteiger partial charge is 0.264 e. The monoisotopic (exact) mass is 393 g/mol. The number of nitrogens with zero attached hydrogens (tertiary/aromatic N) is 3. The minimum Gasteiger partial charge on any atom is -0.497 e. The summed E-state index contributed by atoms with van der Waals surface area (Å²) in [6.07, 6.45) is -0.919. The maximum atomic E-state index is 10.2. The van der Waals surface area contributed by atoms with Crippen molar-refractivity contribution in [3.63, 3.8) is 0 Å². The van der Waals surface area contributed by atoms with Crippen LogP contribution in [-0.2, 0) is 0 Å². The fourth-order valence-electron chi connectivity index (χ4n) is 3.00. The van der Waals surface area contributed by atoms with E-state index in [9.17, 15) is 5.11 Å². The average Bonchev–Trinajstić information content (AvgIpc) is 3.41. The van der Waals surface area contributed by atoms with E-state index in [2.05, 4.69) is 15.3 Å². The molecule has 0 bridgehead atoms. The van der Waals surface area contributed by atoms with Crippen LogP contribution in [0, 0.1) is 0 Å². The lowest BCUT2D eigenvalue weighted by Gasteiger charge is -2.06. The summed E-state index contributed by atoms with van der Waals surface area (Å²) >= 11 is 0. The Kier molecular flexibility index (Phi) is 5.01. The largest absolute Gasteiger partial charge is 0.497 e. The van der Waals surface area contributed by atoms with Crippen LogP contribution in [0.4, 0.5) is 0 Å². The number of hydrogen-bond donors (Lipinski definition) is 1. The minimum atomic E-state index is -0.919. The topological polar surface area (TPSA) is 104 Å². The highest BCUT2D eigenvalue weighted by molar-refractivity contribution is 5.82. The fraction of sp³-hybridized carbons (Fsp3) is 0.190. The summed E-state index contributed by atoms with van der Waals surface area (Å²) in [5, 5.41) is 18.4. The summed E-state index contributed by atoms with van der Waals surface area (Å²) in [5.74, 6) is 2.15. The van der Waals surface area contributed by atoms with Crippen molar-refractivity contribution in [2.24, 2.45) is 0 Å². The summed E-state index contributed by atoms with van der Waals surface area (Å²) in [7, 11) is 3.17. The van der Waals surface area contributed by atoms with Gasteiger partial charge in [0.1, 0.15) is 28.9 Å². The molecule has 0 saturated heterocycles. The van der Waals surface area contributed by atoms with E-state index in [0.29, 0.717) is 28.4 Å². The van der Waals surface area contributed by atoms with Gasteiger partial charge < -0.3 is 23.6 Å². The van der Waals surface area contributed by atoms with E-state index in [4.69, 9.17) is 18.5 Å². The SMILES string of the molecule is COc1ccc(-c2noc(-c3c(-c4ccccc4OC)noc3C(C)O)n2)cc1. The molecule has 1 atom stereocenters. The molecule has 0 aliphatic heterocycles. The molecule has 29 heavy (non-hydrogen) atoms. The molecule has 1 N–H and O–H groups in total. The van der Waals surface area contributed by atoms with Gasteiger partial charge in [-0.2, -0.15) is 4.98 Å². The van der Waals surface area contributed by atoms with Crippen molar-refractivity contribution < 1.29 is 23.6 Å². The van der Waals surface area contributed by atoms with Crippen molar-refractivity contribution in [2.75, 3.05) is 14.2 Å². The lowest BCUT2D eigenvalue weighted by atomic mass is 10.0. The van der Waals surface area contributed by atoms with Crippen LogP contribution in [0.3, 0.4) is 0 Å². The molecule has 0 fully saturated rings. The molecule has 0 saturated carbocycles. The van der Waals surface area contributed by atoms with Crippen LogP contribution in [0.25, 0.3) is 34.1 Å². The molecule has 0 spiro atoms. The van der Waals surface area contributed by atoms with Crippen LogP contribution in [0.1, 0.15) is 18.8 Å². The van der Waals surface area contributed by atoms with Crippen molar-refractivity contribution >= 4 is 0 Å². The molecule has 8 nitrogen and oxygen atoms in total. The second kappa shape index (κ2) is 7.76. The maximum Gasteiger partial charge on any atom is 0.264 e. The molecule has 2 heterocycles. The molecule has 0 radical (unpaired) electrons. The third-order valence-corrected chi connectivity index (χ3v) is 4.45. The highest BCUT2D eigenvalue weighted by atomic mass is 16.5. The Bertz CT molecular complexity index is 1120. The third-order valence-electron chi connectivity index (χ3n) is 4.45. The highest BCUT2D eigenvalue weighted by Crippen LogP contribution is 2.40. The zero-order chi connectivity index (χ0) is 20.4. The Morgan fingerprint density at radius 2 is 1.69 bits per heavy atom. The lowest BCUT2D eigenvalue weighted by Crippen LogP contribution is -1.94. The second-order valence-corrected chi connectivity index (χ2v) is 6.30. The van der Waals surface area contributed by atoms with Gasteiger partial charge in [-0.05, 0) is 43.3 Å². The normalized spacial score (nSPS) is 12.0. The zero-order valence-corrected chi connectivity index (χ0v) is 16.1. The molecule has 4 rings (SSSR count). The Morgan fingerprint density at radius 1 is 0.931 bits per heavy atom. The quantitative estimate of drug-likeness (QED) is 0.521. The van der Waals surface area contributed by atoms with Gasteiger partial charge in [0.25, 0.3) is 5.89 Å². The summed E-state index contributed by atoms with van der Waals surface area (Å²) in [6, 6.07) is 14.6. The van der Waals surface area contributed by atoms with Gasteiger partial charge in [0, 0.05) is 11.1 Å². The van der Waals surface area contributed by atoms with Crippen molar-refractivity contribution in [1.29, 1.82) is 0 Å². The molecule has 2 aromatic carbocycles. The number of ether oxygens (including phenoxy) is 2. The van der Waals surface area contributed by atoms with Crippen LogP contribution >= 0.6 is 0 Å². The molecular formula is C21H19N3O5. The number of methoxy groups -OCH3 is 2. The Hall–Kier alpha value is -3.65. The first-order chi connectivity index (χ1) is 14.1. The van der Waals surface area contributed by atoms with E-state index < -0.39 is 6.10 Å². The maximum absolute atomic E-state index is 10.2. The van der Waals surface area contributed by atoms with Crippen LogP contribution in [0.5, 0.6) is 11.5 Å². The second-order valence-electron chi connectivity index (χ2n) is 6.30. The van der Waals surface area contributed by atoms with Gasteiger partial charge in [-0.15, -0.1) is 0 Å². The van der Waals surface area contributed by atoms with Gasteiger partial charge in [-0.3, -0.25) is 0 Å². The van der Waals surface area contributed by atoms with E-state index in [0.717, 1.165) is 11.3 Å². The summed E-state index contributed by atoms with van der Waals surface area (Å²) in [4.78, 5) is 4.49. The molecule has 1 unspecified atom stereocenters. The van der Waals surface area contributed by atoms with Crippen molar-refractivity contribution in [2.45, 2.75) is 13.0 Å². The van der Waals surface area contributed by atoms with E-state index >= 15 is 0 Å². The summed E-state index contributed by atoms with van der Waals surface area (Å²) in [5.41, 5.74) is 2.32. The van der Waals surface area contributed by atoms with Gasteiger partial charge >= 0.3 is 0 Å². The number of aliphatic hydroxyl groups excluding tert-OH is 1. The molecule has 0 aliphatic carbocycles. The number of hydrogen-bond acceptors (Lipinski definition) is 8. The fourth-order valence-corrected chi connectivity index (χ4v) is 3.00. The first-order valence-corrected chi connectivity index (χ1v) is 8.92. The van der Waals surface area contributed by atoms with Gasteiger partial charge in [0.05, 0.1) is 14.2 Å². The van der Waals surface area contributed by atoms with E-state index in [1.54, 1.807) is 21.1 Å². The van der Waals surface area contributed by atoms with Gasteiger partial charge in [0.2, 0.25) is 5.82 Å². The first-order valence-electron chi connectivity index (χ1n) is 8.92. The van der Waals surface area contributed by atoms with Crippen LogP contribution in [-0.4, -0.2) is 34.6 Å². The number of benzene rings is 2. The molecule has 8 heteroatoms. The molecule has 4 aromatic rings. The predicted octanol–water partition coefficient (Wildman–Crippen LogP) is 4.13. The number of rotatable bonds is 6. The molecular weight excluding hydrogens is 374 g/mol. The Balaban J connectivity index is 1.82. The molecule has 148 valence electrons. The number of aromatic nitrogens is 3. The Morgan fingerprint density at radius 3 is 2.38 bits per heavy atom. The average molecular weight is 393 g/mol. The number of para-hydroxylation sites is 1. The summed E-state index contributed by atoms with van der Waals surface area (Å²) in [6.45, 7) is 1.58. The molecule has 0 amide bonds. The first kappa shape index (κ1) is 18.7. The zero-order valence-electron chi connectivity index (χ0n) is 16.1. The van der Waals surface area contributed by atoms with Gasteiger partial charge in [-0.25, -0.2) is 0 Å². The Labute approximate surface area is 166 Å². The van der Waals surface area contributed by atoms with Crippen molar-refractivity contribution in [3.05, 3.63) is 54.3 Å². The van der Waals surface area contributed by atoms with E-state index in [1.807, 2.05) is 48.5 Å².